The Balaban J connectivity index is 2.46. The molecule has 104 valence electrons. The molecule has 0 saturated carbocycles. The number of carboxylic acid groups (broad SMARTS) is 1. The van der Waals surface area contributed by atoms with Crippen molar-refractivity contribution in [3.8, 4) is 0 Å². The van der Waals surface area contributed by atoms with Gasteiger partial charge in [0.2, 0.25) is 0 Å². The van der Waals surface area contributed by atoms with Crippen molar-refractivity contribution in [1.29, 1.82) is 0 Å². The van der Waals surface area contributed by atoms with E-state index in [1.165, 1.54) is 12.3 Å². The number of hydrogen-bond donors (Lipinski definition) is 3. The Morgan fingerprint density at radius 1 is 1.40 bits per heavy atom. The first-order chi connectivity index (χ1) is 9.40. The van der Waals surface area contributed by atoms with Crippen LogP contribution in [0.2, 0.25) is 5.02 Å². The van der Waals surface area contributed by atoms with Crippen LogP contribution in [0.25, 0.3) is 0 Å². The number of nitrogens with two attached hydrogens (primary N) is 1. The van der Waals surface area contributed by atoms with Gasteiger partial charge in [0.1, 0.15) is 5.82 Å². The number of anilines is 3. The van der Waals surface area contributed by atoms with E-state index >= 15 is 0 Å². The second kappa shape index (κ2) is 5.30. The fourth-order valence-corrected chi connectivity index (χ4v) is 1.78. The molecule has 0 radical (unpaired) electrons. The van der Waals surface area contributed by atoms with E-state index in [1.807, 2.05) is 0 Å². The van der Waals surface area contributed by atoms with Crippen LogP contribution in [0.3, 0.4) is 0 Å². The maximum absolute atomic E-state index is 13.6. The van der Waals surface area contributed by atoms with Gasteiger partial charge in [-0.2, -0.15) is 0 Å². The highest BCUT2D eigenvalue weighted by molar-refractivity contribution is 6.33. The predicted octanol–water partition coefficient (Wildman–Crippen LogP) is 3.04. The van der Waals surface area contributed by atoms with Crippen LogP contribution in [0.4, 0.5) is 26.0 Å². The Bertz CT molecular complexity index is 671. The summed E-state index contributed by atoms with van der Waals surface area (Å²) in [5.74, 6) is -3.12. The number of nitrogens with zero attached hydrogens (tertiary/aromatic N) is 1. The number of aromatic nitrogens is 1. The van der Waals surface area contributed by atoms with Gasteiger partial charge in [0.25, 0.3) is 0 Å². The molecule has 0 aliphatic rings. The van der Waals surface area contributed by atoms with Crippen LogP contribution >= 0.6 is 11.6 Å². The molecule has 2 aromatic rings. The smallest absolute Gasteiger partial charge is 0.337 e. The molecule has 0 aliphatic carbocycles. The summed E-state index contributed by atoms with van der Waals surface area (Å²) in [4.78, 5) is 14.7. The van der Waals surface area contributed by atoms with Crippen LogP contribution in [0.15, 0.2) is 24.4 Å². The highest BCUT2D eigenvalue weighted by Crippen LogP contribution is 2.31. The van der Waals surface area contributed by atoms with Gasteiger partial charge in [0, 0.05) is 12.3 Å². The second-order valence-electron chi connectivity index (χ2n) is 3.80. The first-order valence-electron chi connectivity index (χ1n) is 5.29. The molecule has 8 heteroatoms. The minimum absolute atomic E-state index is 0.0858. The van der Waals surface area contributed by atoms with Gasteiger partial charge in [-0.15, -0.1) is 0 Å². The summed E-state index contributed by atoms with van der Waals surface area (Å²) >= 11 is 5.71. The summed E-state index contributed by atoms with van der Waals surface area (Å²) < 4.78 is 26.5. The lowest BCUT2D eigenvalue weighted by atomic mass is 10.2. The number of carboxylic acids is 1. The highest BCUT2D eigenvalue weighted by atomic mass is 35.5. The molecule has 2 rings (SSSR count). The van der Waals surface area contributed by atoms with Gasteiger partial charge >= 0.3 is 5.97 Å². The molecular formula is C12H8ClF2N3O2. The fourth-order valence-electron chi connectivity index (χ4n) is 1.54. The Morgan fingerprint density at radius 2 is 2.10 bits per heavy atom. The van der Waals surface area contributed by atoms with Gasteiger partial charge in [0.05, 0.1) is 22.0 Å². The molecule has 0 aliphatic heterocycles. The van der Waals surface area contributed by atoms with Crippen LogP contribution in [0.1, 0.15) is 10.4 Å². The van der Waals surface area contributed by atoms with E-state index in [0.29, 0.717) is 6.07 Å². The van der Waals surface area contributed by atoms with Crippen molar-refractivity contribution in [2.45, 2.75) is 0 Å². The molecule has 0 spiro atoms. The summed E-state index contributed by atoms with van der Waals surface area (Å²) in [7, 11) is 0. The van der Waals surface area contributed by atoms with Crippen molar-refractivity contribution in [3.05, 3.63) is 46.6 Å². The van der Waals surface area contributed by atoms with Gasteiger partial charge < -0.3 is 16.2 Å². The van der Waals surface area contributed by atoms with Gasteiger partial charge in [0.15, 0.2) is 11.6 Å². The highest BCUT2D eigenvalue weighted by Gasteiger charge is 2.16. The molecule has 0 atom stereocenters. The van der Waals surface area contributed by atoms with Gasteiger partial charge in [-0.25, -0.2) is 18.6 Å². The normalized spacial score (nSPS) is 10.3. The van der Waals surface area contributed by atoms with Crippen molar-refractivity contribution < 1.29 is 18.7 Å². The first-order valence-corrected chi connectivity index (χ1v) is 5.67. The van der Waals surface area contributed by atoms with Crippen molar-refractivity contribution in [1.82, 2.24) is 4.98 Å². The fraction of sp³-hybridized carbons (Fsp3) is 0. The van der Waals surface area contributed by atoms with Gasteiger partial charge in [-0.3, -0.25) is 0 Å². The SMILES string of the molecule is Nc1c(C(=O)O)ccnc1Nc1c(F)cc(F)cc1Cl. The molecule has 1 aromatic heterocycles. The molecule has 0 bridgehead atoms. The van der Waals surface area contributed by atoms with Crippen molar-refractivity contribution >= 4 is 34.8 Å². The number of hydrogen-bond acceptors (Lipinski definition) is 4. The lowest BCUT2D eigenvalue weighted by Gasteiger charge is -2.12. The Labute approximate surface area is 117 Å². The maximum Gasteiger partial charge on any atom is 0.337 e. The monoisotopic (exact) mass is 299 g/mol. The van der Waals surface area contributed by atoms with Crippen LogP contribution in [0.5, 0.6) is 0 Å². The van der Waals surface area contributed by atoms with Crippen LogP contribution in [0, 0.1) is 11.6 Å². The van der Waals surface area contributed by atoms with Crippen LogP contribution < -0.4 is 11.1 Å². The average molecular weight is 300 g/mol. The lowest BCUT2D eigenvalue weighted by Crippen LogP contribution is -2.08. The molecule has 0 saturated heterocycles. The maximum atomic E-state index is 13.6. The second-order valence-corrected chi connectivity index (χ2v) is 4.20. The number of halogens is 3. The summed E-state index contributed by atoms with van der Waals surface area (Å²) in [6.07, 6.45) is 1.19. The quantitative estimate of drug-likeness (QED) is 0.810. The van der Waals surface area contributed by atoms with E-state index in [1.54, 1.807) is 0 Å². The number of aromatic carboxylic acids is 1. The number of rotatable bonds is 3. The lowest BCUT2D eigenvalue weighted by molar-refractivity contribution is 0.0698. The minimum atomic E-state index is -1.25. The molecular weight excluding hydrogens is 292 g/mol. The zero-order valence-electron chi connectivity index (χ0n) is 9.82. The van der Waals surface area contributed by atoms with E-state index in [4.69, 9.17) is 22.4 Å². The van der Waals surface area contributed by atoms with Gasteiger partial charge in [-0.05, 0) is 12.1 Å². The Morgan fingerprint density at radius 3 is 2.70 bits per heavy atom. The van der Waals surface area contributed by atoms with Crippen LogP contribution in [-0.2, 0) is 0 Å². The largest absolute Gasteiger partial charge is 0.478 e. The van der Waals surface area contributed by atoms with E-state index in [0.717, 1.165) is 6.07 Å². The van der Waals surface area contributed by atoms with E-state index < -0.39 is 17.6 Å². The number of pyridine rings is 1. The Hall–Kier alpha value is -2.41. The summed E-state index contributed by atoms with van der Waals surface area (Å²) in [5, 5.41) is 11.2. The average Bonchev–Trinajstić information content (AvgIpc) is 2.35. The van der Waals surface area contributed by atoms with Crippen molar-refractivity contribution in [3.63, 3.8) is 0 Å². The summed E-state index contributed by atoms with van der Waals surface area (Å²) in [6.45, 7) is 0. The van der Waals surface area contributed by atoms with Gasteiger partial charge in [-0.1, -0.05) is 11.6 Å². The first kappa shape index (κ1) is 14.0. The Kier molecular flexibility index (Phi) is 3.71. The zero-order chi connectivity index (χ0) is 14.9. The third-order valence-corrected chi connectivity index (χ3v) is 2.77. The zero-order valence-corrected chi connectivity index (χ0v) is 10.6. The topological polar surface area (TPSA) is 88.2 Å². The number of nitrogens with one attached hydrogen (secondary N) is 1. The van der Waals surface area contributed by atoms with Crippen LogP contribution in [-0.4, -0.2) is 16.1 Å². The molecule has 4 N–H and O–H groups in total. The molecule has 1 aromatic carbocycles. The van der Waals surface area contributed by atoms with E-state index in [9.17, 15) is 13.6 Å². The molecule has 20 heavy (non-hydrogen) atoms. The minimum Gasteiger partial charge on any atom is -0.478 e. The molecule has 0 fully saturated rings. The summed E-state index contributed by atoms with van der Waals surface area (Å²) in [5.41, 5.74) is 5.00. The third kappa shape index (κ3) is 2.62. The van der Waals surface area contributed by atoms with Crippen molar-refractivity contribution in [2.24, 2.45) is 0 Å². The number of nitrogen functional groups attached to an aromatic ring is 1. The number of benzene rings is 1. The molecule has 5 nitrogen and oxygen atoms in total. The standard InChI is InChI=1S/C12H8ClF2N3O2/c13-7-3-5(14)4-8(15)10(7)18-11-9(16)6(12(19)20)1-2-17-11/h1-4H,16H2,(H,17,18)(H,19,20). The third-order valence-electron chi connectivity index (χ3n) is 2.47. The van der Waals surface area contributed by atoms with E-state index in [-0.39, 0.29) is 27.8 Å². The van der Waals surface area contributed by atoms with E-state index in [2.05, 4.69) is 10.3 Å². The molecule has 0 amide bonds. The summed E-state index contributed by atoms with van der Waals surface area (Å²) in [6, 6.07) is 2.74. The predicted molar refractivity (Wildman–Crippen MR) is 70.3 cm³/mol. The molecule has 0 unspecified atom stereocenters. The molecule has 1 heterocycles. The van der Waals surface area contributed by atoms with Crippen molar-refractivity contribution in [2.75, 3.05) is 11.1 Å². The number of carbonyl (C=O) groups is 1.